The van der Waals surface area contributed by atoms with Crippen molar-refractivity contribution < 1.29 is 33.3 Å². The van der Waals surface area contributed by atoms with Gasteiger partial charge in [0.25, 0.3) is 0 Å². The second kappa shape index (κ2) is 83.5. The molecule has 0 bridgehead atoms. The van der Waals surface area contributed by atoms with Crippen molar-refractivity contribution in [2.24, 2.45) is 0 Å². The Balaban J connectivity index is 1.79. The molecule has 0 heterocycles. The van der Waals surface area contributed by atoms with Gasteiger partial charge in [-0.05, 0) is 85.0 Å². The molecular formula is C114H203NO8. The van der Waals surface area contributed by atoms with Gasteiger partial charge in [0, 0.05) is 10.8 Å². The molecule has 0 saturated heterocycles. The SMILES string of the molecule is CCCCCCCCCCCCCCCCOc1cc2c3cc(OCCCCCCCCCCCCCCCC)c(OCCCCCCCCCCCCCCCC)cc3c3c([N+](=O)[O-])c(OCCCCCCCCCCCCCCCC)c(OCCCCCCCCCCCCCCCC)cc3c2cc1OCCCCCCCCCCCCCCCC. The number of rotatable bonds is 97. The Kier molecular flexibility index (Phi) is 75.5. The summed E-state index contributed by atoms with van der Waals surface area (Å²) in [6.45, 7) is 17.0. The molecule has 0 aromatic heterocycles. The highest BCUT2D eigenvalue weighted by Gasteiger charge is 2.31. The van der Waals surface area contributed by atoms with Gasteiger partial charge in [-0.15, -0.1) is 0 Å². The van der Waals surface area contributed by atoms with Crippen LogP contribution in [0.15, 0.2) is 30.3 Å². The van der Waals surface area contributed by atoms with E-state index >= 15 is 0 Å². The zero-order chi connectivity index (χ0) is 87.5. The number of nitro groups is 1. The smallest absolute Gasteiger partial charge is 0.323 e. The summed E-state index contributed by atoms with van der Waals surface area (Å²) in [7, 11) is 0. The van der Waals surface area contributed by atoms with E-state index in [9.17, 15) is 10.1 Å². The van der Waals surface area contributed by atoms with Crippen LogP contribution in [0.5, 0.6) is 34.5 Å². The fourth-order valence-electron chi connectivity index (χ4n) is 18.8. The van der Waals surface area contributed by atoms with Gasteiger partial charge >= 0.3 is 5.69 Å². The number of nitrogens with zero attached hydrogens (tertiary/aromatic N) is 1. The van der Waals surface area contributed by atoms with Gasteiger partial charge in [0.15, 0.2) is 28.7 Å². The van der Waals surface area contributed by atoms with Crippen LogP contribution in [0, 0.1) is 10.1 Å². The molecule has 0 aliphatic heterocycles. The maximum Gasteiger partial charge on any atom is 0.323 e. The van der Waals surface area contributed by atoms with Gasteiger partial charge in [-0.2, -0.15) is 0 Å². The largest absolute Gasteiger partial charge is 0.490 e. The topological polar surface area (TPSA) is 98.5 Å². The summed E-state index contributed by atoms with van der Waals surface area (Å²) in [6.07, 6.45) is 108. The van der Waals surface area contributed by atoms with Crippen LogP contribution in [0.2, 0.25) is 0 Å². The van der Waals surface area contributed by atoms with Crippen LogP contribution in [0.25, 0.3) is 32.3 Å². The maximum absolute atomic E-state index is 14.7. The summed E-state index contributed by atoms with van der Waals surface area (Å²) >= 11 is 0. The second-order valence-corrected chi connectivity index (χ2v) is 38.6. The predicted molar refractivity (Wildman–Crippen MR) is 540 cm³/mol. The third kappa shape index (κ3) is 57.5. The Bertz CT molecular complexity index is 2910. The van der Waals surface area contributed by atoms with Crippen molar-refractivity contribution in [3.05, 3.63) is 40.4 Å². The molecule has 712 valence electrons. The van der Waals surface area contributed by atoms with Crippen LogP contribution in [-0.2, 0) is 0 Å². The lowest BCUT2D eigenvalue weighted by Gasteiger charge is -2.21. The fourth-order valence-corrected chi connectivity index (χ4v) is 18.8. The summed E-state index contributed by atoms with van der Waals surface area (Å²) in [5, 5.41) is 19.5. The third-order valence-corrected chi connectivity index (χ3v) is 26.9. The van der Waals surface area contributed by atoms with Crippen LogP contribution in [-0.4, -0.2) is 44.6 Å². The highest BCUT2D eigenvalue weighted by atomic mass is 16.6. The molecule has 0 aliphatic rings. The van der Waals surface area contributed by atoms with Crippen molar-refractivity contribution in [1.82, 2.24) is 0 Å². The number of unbranched alkanes of at least 4 members (excludes halogenated alkanes) is 78. The maximum atomic E-state index is 14.7. The molecule has 0 radical (unpaired) electrons. The number of nitro benzene ring substituents is 1. The lowest BCUT2D eigenvalue weighted by atomic mass is 9.92. The van der Waals surface area contributed by atoms with Gasteiger partial charge in [0.1, 0.15) is 0 Å². The third-order valence-electron chi connectivity index (χ3n) is 26.9. The summed E-state index contributed by atoms with van der Waals surface area (Å²) in [5.41, 5.74) is -0.0299. The Morgan fingerprint density at radius 1 is 0.179 bits per heavy atom. The van der Waals surface area contributed by atoms with E-state index in [-0.39, 0.29) is 16.4 Å². The molecule has 0 spiro atoms. The van der Waals surface area contributed by atoms with E-state index in [2.05, 4.69) is 71.9 Å². The van der Waals surface area contributed by atoms with Crippen molar-refractivity contribution in [2.45, 2.75) is 581 Å². The van der Waals surface area contributed by atoms with Crippen LogP contribution < -0.4 is 28.4 Å². The average Bonchev–Trinajstić information content (AvgIpc) is 0.714. The molecule has 4 rings (SSSR count). The monoisotopic (exact) mass is 1710 g/mol. The minimum absolute atomic E-state index is 0.0299. The molecule has 123 heavy (non-hydrogen) atoms. The standard InChI is InChI=1S/C114H203NO8/c1-7-13-19-25-31-37-43-49-55-61-67-73-79-85-91-118-107-97-102-103-98-109(120-93-87-81-75-69-63-57-51-45-39-33-27-21-15-9-3)110(121-94-88-82-76-70-64-58-52-46-40-34-28-22-16-10-4)100-105(103)112-106(104(102)99-108(107)119-92-86-80-74-68-62-56-50-44-38-32-26-20-14-8-2)101-111(122-95-89-83-77-71-65-59-53-47-41-35-29-23-17-11-5)114(113(112)115(116)117)123-96-90-84-78-72-66-60-54-48-42-36-30-24-18-12-6/h97-101H,7-96H2,1-6H3. The molecule has 0 N–H and O–H groups in total. The van der Waals surface area contributed by atoms with Crippen LogP contribution in [0.3, 0.4) is 0 Å². The lowest BCUT2D eigenvalue weighted by Crippen LogP contribution is -2.07. The molecule has 0 saturated carbocycles. The first-order valence-corrected chi connectivity index (χ1v) is 55.4. The first-order valence-electron chi connectivity index (χ1n) is 55.4. The second-order valence-electron chi connectivity index (χ2n) is 38.6. The minimum Gasteiger partial charge on any atom is -0.490 e. The Morgan fingerprint density at radius 3 is 0.480 bits per heavy atom. The van der Waals surface area contributed by atoms with E-state index in [4.69, 9.17) is 28.4 Å². The molecule has 4 aromatic rings. The summed E-state index contributed by atoms with van der Waals surface area (Å²) in [5.74, 6) is 3.51. The van der Waals surface area contributed by atoms with Gasteiger partial charge in [0.2, 0.25) is 5.75 Å². The first kappa shape index (κ1) is 111. The normalized spacial score (nSPS) is 11.7. The zero-order valence-corrected chi connectivity index (χ0v) is 82.7. The molecule has 9 nitrogen and oxygen atoms in total. The van der Waals surface area contributed by atoms with E-state index in [0.29, 0.717) is 68.0 Å². The van der Waals surface area contributed by atoms with E-state index in [1.807, 2.05) is 0 Å². The van der Waals surface area contributed by atoms with Crippen molar-refractivity contribution in [3.63, 3.8) is 0 Å². The average molecular weight is 1720 g/mol. The molecular weight excluding hydrogens is 1510 g/mol. The molecule has 4 aromatic carbocycles. The summed E-state index contributed by atoms with van der Waals surface area (Å²) in [4.78, 5) is 14.5. The van der Waals surface area contributed by atoms with Gasteiger partial charge in [0.05, 0.1) is 50.0 Å². The van der Waals surface area contributed by atoms with Crippen LogP contribution >= 0.6 is 0 Å². The fraction of sp³-hybridized carbons (Fsp3) is 0.842. The number of hydrogen-bond acceptors (Lipinski definition) is 8. The molecule has 0 amide bonds. The van der Waals surface area contributed by atoms with Gasteiger partial charge in [-0.1, -0.05) is 542 Å². The van der Waals surface area contributed by atoms with Crippen LogP contribution in [0.1, 0.15) is 581 Å². The molecule has 9 heteroatoms. The van der Waals surface area contributed by atoms with Crippen molar-refractivity contribution >= 4 is 38.0 Å². The van der Waals surface area contributed by atoms with E-state index in [1.165, 1.54) is 449 Å². The van der Waals surface area contributed by atoms with Gasteiger partial charge in [-0.25, -0.2) is 0 Å². The number of fused-ring (bicyclic) bond motifs is 6. The Hall–Kier alpha value is -4.14. The van der Waals surface area contributed by atoms with Crippen molar-refractivity contribution in [3.8, 4) is 34.5 Å². The Morgan fingerprint density at radius 2 is 0.309 bits per heavy atom. The molecule has 0 atom stereocenters. The number of benzene rings is 4. The van der Waals surface area contributed by atoms with E-state index in [1.54, 1.807) is 0 Å². The first-order chi connectivity index (χ1) is 60.9. The Labute approximate surface area is 762 Å². The molecule has 0 unspecified atom stereocenters. The van der Waals surface area contributed by atoms with E-state index in [0.717, 1.165) is 123 Å². The summed E-state index contributed by atoms with van der Waals surface area (Å²) in [6, 6.07) is 10.8. The highest BCUT2D eigenvalue weighted by Crippen LogP contribution is 2.52. The summed E-state index contributed by atoms with van der Waals surface area (Å²) < 4.78 is 42.2. The van der Waals surface area contributed by atoms with Gasteiger partial charge in [-0.3, -0.25) is 10.1 Å². The number of hydrogen-bond donors (Lipinski definition) is 0. The minimum atomic E-state index is -0.163. The lowest BCUT2D eigenvalue weighted by molar-refractivity contribution is -0.384. The van der Waals surface area contributed by atoms with Gasteiger partial charge < -0.3 is 28.4 Å². The van der Waals surface area contributed by atoms with Crippen LogP contribution in [0.4, 0.5) is 5.69 Å². The highest BCUT2D eigenvalue weighted by molar-refractivity contribution is 6.29. The zero-order valence-electron chi connectivity index (χ0n) is 82.7. The quantitative estimate of drug-likeness (QED) is 0.0187. The number of ether oxygens (including phenoxy) is 6. The van der Waals surface area contributed by atoms with Crippen molar-refractivity contribution in [2.75, 3.05) is 39.6 Å². The molecule has 0 fully saturated rings. The van der Waals surface area contributed by atoms with E-state index < -0.39 is 0 Å². The van der Waals surface area contributed by atoms with Crippen molar-refractivity contribution in [1.29, 1.82) is 0 Å². The molecule has 0 aliphatic carbocycles. The predicted octanol–water partition coefficient (Wildman–Crippen LogP) is 40.2.